The summed E-state index contributed by atoms with van der Waals surface area (Å²) >= 11 is 0. The molecule has 1 fully saturated rings. The van der Waals surface area contributed by atoms with Gasteiger partial charge in [-0.1, -0.05) is 30.3 Å². The van der Waals surface area contributed by atoms with Gasteiger partial charge in [0.25, 0.3) is 5.91 Å². The molecule has 1 aliphatic carbocycles. The first-order valence-electron chi connectivity index (χ1n) is 7.87. The van der Waals surface area contributed by atoms with Gasteiger partial charge in [0, 0.05) is 18.2 Å². The standard InChI is InChI=1S/C19H20N2O2/c1-13(22)20-17-11-9-16(10-12-17)19(23)21-18(15-7-8-15)14-5-3-2-4-6-14/h2-6,9-12,15,18H,7-8H2,1H3,(H,20,22)(H,21,23)/t18-/m1/s1. The van der Waals surface area contributed by atoms with Crippen LogP contribution in [0.1, 0.15) is 41.7 Å². The Hall–Kier alpha value is -2.62. The lowest BCUT2D eigenvalue weighted by Gasteiger charge is -2.19. The van der Waals surface area contributed by atoms with Crippen LogP contribution in [0.2, 0.25) is 0 Å². The molecular weight excluding hydrogens is 288 g/mol. The maximum Gasteiger partial charge on any atom is 0.251 e. The van der Waals surface area contributed by atoms with Gasteiger partial charge in [-0.25, -0.2) is 0 Å². The Kier molecular flexibility index (Phi) is 4.42. The van der Waals surface area contributed by atoms with E-state index < -0.39 is 0 Å². The Bertz CT molecular complexity index is 691. The van der Waals surface area contributed by atoms with Crippen LogP contribution in [-0.2, 0) is 4.79 Å². The van der Waals surface area contributed by atoms with Crippen LogP contribution in [0.4, 0.5) is 5.69 Å². The first kappa shape index (κ1) is 15.3. The van der Waals surface area contributed by atoms with Crippen molar-refractivity contribution in [2.75, 3.05) is 5.32 Å². The van der Waals surface area contributed by atoms with Crippen LogP contribution in [0, 0.1) is 5.92 Å². The lowest BCUT2D eigenvalue weighted by Crippen LogP contribution is -2.29. The highest BCUT2D eigenvalue weighted by molar-refractivity contribution is 5.95. The van der Waals surface area contributed by atoms with Crippen LogP contribution in [0.5, 0.6) is 0 Å². The summed E-state index contributed by atoms with van der Waals surface area (Å²) in [7, 11) is 0. The Balaban J connectivity index is 1.71. The zero-order valence-electron chi connectivity index (χ0n) is 13.1. The van der Waals surface area contributed by atoms with Crippen LogP contribution >= 0.6 is 0 Å². The summed E-state index contributed by atoms with van der Waals surface area (Å²) in [5.74, 6) is 0.320. The molecule has 0 unspecified atom stereocenters. The predicted octanol–water partition coefficient (Wildman–Crippen LogP) is 3.53. The largest absolute Gasteiger partial charge is 0.345 e. The topological polar surface area (TPSA) is 58.2 Å². The SMILES string of the molecule is CC(=O)Nc1ccc(C(=O)N[C@H](c2ccccc2)C2CC2)cc1. The van der Waals surface area contributed by atoms with E-state index in [-0.39, 0.29) is 17.9 Å². The molecule has 1 atom stereocenters. The monoisotopic (exact) mass is 308 g/mol. The molecule has 4 nitrogen and oxygen atoms in total. The highest BCUT2D eigenvalue weighted by atomic mass is 16.2. The number of anilines is 1. The second kappa shape index (κ2) is 6.65. The van der Waals surface area contributed by atoms with Crippen molar-refractivity contribution in [2.24, 2.45) is 5.92 Å². The van der Waals surface area contributed by atoms with E-state index in [2.05, 4.69) is 22.8 Å². The van der Waals surface area contributed by atoms with Crippen molar-refractivity contribution >= 4 is 17.5 Å². The Labute approximate surface area is 135 Å². The van der Waals surface area contributed by atoms with Gasteiger partial charge in [-0.05, 0) is 48.6 Å². The first-order valence-corrected chi connectivity index (χ1v) is 7.87. The van der Waals surface area contributed by atoms with E-state index in [4.69, 9.17) is 0 Å². The van der Waals surface area contributed by atoms with E-state index in [1.165, 1.54) is 6.92 Å². The molecule has 0 saturated heterocycles. The minimum absolute atomic E-state index is 0.0683. The molecule has 3 rings (SSSR count). The second-order valence-corrected chi connectivity index (χ2v) is 5.96. The average molecular weight is 308 g/mol. The summed E-state index contributed by atoms with van der Waals surface area (Å²) in [5.41, 5.74) is 2.44. The van der Waals surface area contributed by atoms with Gasteiger partial charge < -0.3 is 10.6 Å². The van der Waals surface area contributed by atoms with Gasteiger partial charge in [0.15, 0.2) is 0 Å². The zero-order valence-corrected chi connectivity index (χ0v) is 13.1. The fourth-order valence-corrected chi connectivity index (χ4v) is 2.70. The normalized spacial score (nSPS) is 14.8. The van der Waals surface area contributed by atoms with Crippen LogP contribution in [0.3, 0.4) is 0 Å². The van der Waals surface area contributed by atoms with Gasteiger partial charge in [0.2, 0.25) is 5.91 Å². The molecule has 2 aromatic rings. The third-order valence-electron chi connectivity index (χ3n) is 4.01. The van der Waals surface area contributed by atoms with E-state index in [1.807, 2.05) is 18.2 Å². The fourth-order valence-electron chi connectivity index (χ4n) is 2.70. The highest BCUT2D eigenvalue weighted by Crippen LogP contribution is 2.41. The first-order chi connectivity index (χ1) is 11.1. The third-order valence-corrected chi connectivity index (χ3v) is 4.01. The molecule has 23 heavy (non-hydrogen) atoms. The zero-order chi connectivity index (χ0) is 16.2. The van der Waals surface area contributed by atoms with Crippen molar-refractivity contribution in [1.82, 2.24) is 5.32 Å². The van der Waals surface area contributed by atoms with E-state index in [0.29, 0.717) is 17.2 Å². The number of rotatable bonds is 5. The molecular formula is C19H20N2O2. The van der Waals surface area contributed by atoms with E-state index in [1.54, 1.807) is 24.3 Å². The molecule has 2 amide bonds. The molecule has 118 valence electrons. The molecule has 1 aliphatic rings. The predicted molar refractivity (Wildman–Crippen MR) is 90.1 cm³/mol. The van der Waals surface area contributed by atoms with Crippen molar-refractivity contribution in [3.05, 3.63) is 65.7 Å². The number of carbonyl (C=O) groups excluding carboxylic acids is 2. The molecule has 0 bridgehead atoms. The van der Waals surface area contributed by atoms with Crippen LogP contribution in [-0.4, -0.2) is 11.8 Å². The summed E-state index contributed by atoms with van der Waals surface area (Å²) in [4.78, 5) is 23.5. The molecule has 0 aliphatic heterocycles. The lowest BCUT2D eigenvalue weighted by atomic mass is 10.0. The molecule has 0 radical (unpaired) electrons. The van der Waals surface area contributed by atoms with Crippen LogP contribution in [0.15, 0.2) is 54.6 Å². The number of carbonyl (C=O) groups is 2. The number of hydrogen-bond acceptors (Lipinski definition) is 2. The summed E-state index contributed by atoms with van der Waals surface area (Å²) in [6.45, 7) is 1.46. The molecule has 1 saturated carbocycles. The van der Waals surface area contributed by atoms with Gasteiger partial charge in [-0.15, -0.1) is 0 Å². The van der Waals surface area contributed by atoms with Crippen molar-refractivity contribution in [2.45, 2.75) is 25.8 Å². The van der Waals surface area contributed by atoms with Crippen LogP contribution in [0.25, 0.3) is 0 Å². The minimum atomic E-state index is -0.125. The van der Waals surface area contributed by atoms with Gasteiger partial charge in [-0.3, -0.25) is 9.59 Å². The van der Waals surface area contributed by atoms with Gasteiger partial charge in [0.05, 0.1) is 6.04 Å². The molecule has 0 heterocycles. The van der Waals surface area contributed by atoms with Crippen molar-refractivity contribution in [3.8, 4) is 0 Å². The summed E-state index contributed by atoms with van der Waals surface area (Å²) in [5, 5.41) is 5.84. The molecule has 4 heteroatoms. The second-order valence-electron chi connectivity index (χ2n) is 5.96. The Morgan fingerprint density at radius 1 is 1.00 bits per heavy atom. The molecule has 2 aromatic carbocycles. The Morgan fingerprint density at radius 3 is 2.22 bits per heavy atom. The van der Waals surface area contributed by atoms with Crippen molar-refractivity contribution in [1.29, 1.82) is 0 Å². The quantitative estimate of drug-likeness (QED) is 0.888. The lowest BCUT2D eigenvalue weighted by molar-refractivity contribution is -0.114. The number of amides is 2. The summed E-state index contributed by atoms with van der Waals surface area (Å²) < 4.78 is 0. The highest BCUT2D eigenvalue weighted by Gasteiger charge is 2.33. The molecule has 0 aromatic heterocycles. The Morgan fingerprint density at radius 2 is 1.65 bits per heavy atom. The van der Waals surface area contributed by atoms with E-state index in [9.17, 15) is 9.59 Å². The average Bonchev–Trinajstić information content (AvgIpc) is 3.38. The maximum absolute atomic E-state index is 12.5. The number of hydrogen-bond donors (Lipinski definition) is 2. The van der Waals surface area contributed by atoms with E-state index >= 15 is 0 Å². The summed E-state index contributed by atoms with van der Waals surface area (Å²) in [6, 6.07) is 17.1. The van der Waals surface area contributed by atoms with Gasteiger partial charge in [0.1, 0.15) is 0 Å². The number of nitrogens with one attached hydrogen (secondary N) is 2. The maximum atomic E-state index is 12.5. The fraction of sp³-hybridized carbons (Fsp3) is 0.263. The van der Waals surface area contributed by atoms with Crippen LogP contribution < -0.4 is 10.6 Å². The number of benzene rings is 2. The minimum Gasteiger partial charge on any atom is -0.345 e. The van der Waals surface area contributed by atoms with Crippen molar-refractivity contribution in [3.63, 3.8) is 0 Å². The van der Waals surface area contributed by atoms with E-state index in [0.717, 1.165) is 18.4 Å². The smallest absolute Gasteiger partial charge is 0.251 e. The summed E-state index contributed by atoms with van der Waals surface area (Å²) in [6.07, 6.45) is 2.31. The van der Waals surface area contributed by atoms with Crippen molar-refractivity contribution < 1.29 is 9.59 Å². The molecule has 2 N–H and O–H groups in total. The van der Waals surface area contributed by atoms with Gasteiger partial charge >= 0.3 is 0 Å². The van der Waals surface area contributed by atoms with Gasteiger partial charge in [-0.2, -0.15) is 0 Å². The molecule has 0 spiro atoms. The third kappa shape index (κ3) is 3.97.